The van der Waals surface area contributed by atoms with Gasteiger partial charge in [0.15, 0.2) is 5.17 Å². The molecule has 0 unspecified atom stereocenters. The number of amides is 2. The molecule has 2 aliphatic heterocycles. The standard InChI is InChI=1S/C24H19FN4O2S2/c25-16-9-7-15(8-10-16)14-33-24-28-19-6-2-1-5-18(19)22-27-20(23(31)29(22)24)12-21(30)26-13-17-4-3-11-32-17/h1-11,20H,12-14H2,(H,26,30)/t20-/m0/s1. The number of rotatable bonds is 6. The number of para-hydroxylation sites is 1. The Balaban J connectivity index is 1.34. The maximum Gasteiger partial charge on any atom is 0.259 e. The summed E-state index contributed by atoms with van der Waals surface area (Å²) in [4.78, 5) is 37.6. The number of aliphatic imine (C=N–C) groups is 2. The van der Waals surface area contributed by atoms with Gasteiger partial charge >= 0.3 is 0 Å². The van der Waals surface area contributed by atoms with Crippen molar-refractivity contribution >= 4 is 51.6 Å². The zero-order valence-electron chi connectivity index (χ0n) is 17.4. The Labute approximate surface area is 198 Å². The molecule has 1 aromatic heterocycles. The molecule has 0 radical (unpaired) electrons. The smallest absolute Gasteiger partial charge is 0.259 e. The molecule has 6 nitrogen and oxygen atoms in total. The second-order valence-electron chi connectivity index (χ2n) is 7.53. The van der Waals surface area contributed by atoms with Crippen LogP contribution in [-0.4, -0.2) is 33.8 Å². The van der Waals surface area contributed by atoms with E-state index in [-0.39, 0.29) is 24.1 Å². The molecule has 0 spiro atoms. The number of carbonyl (C=O) groups is 2. The maximum absolute atomic E-state index is 13.3. The van der Waals surface area contributed by atoms with E-state index < -0.39 is 6.04 Å². The summed E-state index contributed by atoms with van der Waals surface area (Å²) in [5, 5.41) is 5.32. The molecule has 2 amide bonds. The molecule has 33 heavy (non-hydrogen) atoms. The Bertz CT molecular complexity index is 1260. The highest BCUT2D eigenvalue weighted by Crippen LogP contribution is 2.34. The highest BCUT2D eigenvalue weighted by molar-refractivity contribution is 8.13. The molecule has 0 fully saturated rings. The Morgan fingerprint density at radius 2 is 1.94 bits per heavy atom. The van der Waals surface area contributed by atoms with Crippen LogP contribution in [0.5, 0.6) is 0 Å². The third-order valence-electron chi connectivity index (χ3n) is 5.25. The Hall–Kier alpha value is -3.30. The van der Waals surface area contributed by atoms with Gasteiger partial charge < -0.3 is 5.32 Å². The monoisotopic (exact) mass is 478 g/mol. The van der Waals surface area contributed by atoms with Gasteiger partial charge in [-0.25, -0.2) is 14.3 Å². The maximum atomic E-state index is 13.3. The summed E-state index contributed by atoms with van der Waals surface area (Å²) in [5.74, 6) is 0.248. The van der Waals surface area contributed by atoms with Gasteiger partial charge in [-0.2, -0.15) is 0 Å². The first kappa shape index (κ1) is 21.5. The SMILES string of the molecule is O=C(C[C@@H]1N=C2c3ccccc3N=C(SCc3ccc(F)cc3)N2C1=O)NCc1cccs1. The number of hydrogen-bond acceptors (Lipinski definition) is 6. The van der Waals surface area contributed by atoms with Gasteiger partial charge in [0.2, 0.25) is 5.91 Å². The van der Waals surface area contributed by atoms with Crippen molar-refractivity contribution in [1.29, 1.82) is 0 Å². The lowest BCUT2D eigenvalue weighted by Gasteiger charge is -2.25. The van der Waals surface area contributed by atoms with Gasteiger partial charge in [-0.3, -0.25) is 14.6 Å². The van der Waals surface area contributed by atoms with E-state index in [0.717, 1.165) is 21.7 Å². The molecule has 1 atom stereocenters. The van der Waals surface area contributed by atoms with E-state index in [4.69, 9.17) is 0 Å². The fourth-order valence-corrected chi connectivity index (χ4v) is 5.21. The van der Waals surface area contributed by atoms with Crippen LogP contribution in [0.3, 0.4) is 0 Å². The molecular formula is C24H19FN4O2S2. The number of hydrogen-bond donors (Lipinski definition) is 1. The number of amidine groups is 2. The molecular weight excluding hydrogens is 459 g/mol. The van der Waals surface area contributed by atoms with Crippen molar-refractivity contribution in [2.24, 2.45) is 9.98 Å². The van der Waals surface area contributed by atoms with Crippen LogP contribution in [0.15, 0.2) is 76.0 Å². The van der Waals surface area contributed by atoms with E-state index in [2.05, 4.69) is 15.3 Å². The predicted octanol–water partition coefficient (Wildman–Crippen LogP) is 4.49. The third kappa shape index (κ3) is 4.60. The van der Waals surface area contributed by atoms with Crippen molar-refractivity contribution in [1.82, 2.24) is 10.2 Å². The molecule has 1 N–H and O–H groups in total. The lowest BCUT2D eigenvalue weighted by molar-refractivity contribution is -0.128. The molecule has 2 aromatic carbocycles. The van der Waals surface area contributed by atoms with Crippen LogP contribution in [0, 0.1) is 5.82 Å². The average molecular weight is 479 g/mol. The third-order valence-corrected chi connectivity index (χ3v) is 7.13. The number of halogens is 1. The van der Waals surface area contributed by atoms with Gasteiger partial charge in [-0.1, -0.05) is 42.1 Å². The molecule has 9 heteroatoms. The van der Waals surface area contributed by atoms with Crippen LogP contribution in [-0.2, 0) is 21.9 Å². The summed E-state index contributed by atoms with van der Waals surface area (Å²) in [7, 11) is 0. The van der Waals surface area contributed by atoms with E-state index in [1.165, 1.54) is 28.8 Å². The molecule has 0 saturated carbocycles. The normalized spacial score (nSPS) is 16.7. The summed E-state index contributed by atoms with van der Waals surface area (Å²) < 4.78 is 13.2. The number of thioether (sulfide) groups is 1. The first-order chi connectivity index (χ1) is 16.1. The Kier molecular flexibility index (Phi) is 6.06. The number of thiophene rings is 1. The van der Waals surface area contributed by atoms with Crippen molar-refractivity contribution in [2.75, 3.05) is 0 Å². The van der Waals surface area contributed by atoms with E-state index in [9.17, 15) is 14.0 Å². The summed E-state index contributed by atoms with van der Waals surface area (Å²) >= 11 is 2.95. The van der Waals surface area contributed by atoms with E-state index in [1.54, 1.807) is 23.5 Å². The van der Waals surface area contributed by atoms with Gasteiger partial charge in [-0.05, 0) is 41.3 Å². The topological polar surface area (TPSA) is 74.1 Å². The summed E-state index contributed by atoms with van der Waals surface area (Å²) in [6, 6.07) is 16.8. The largest absolute Gasteiger partial charge is 0.351 e. The minimum Gasteiger partial charge on any atom is -0.351 e. The lowest BCUT2D eigenvalue weighted by atomic mass is 10.1. The Morgan fingerprint density at radius 3 is 2.73 bits per heavy atom. The van der Waals surface area contributed by atoms with Crippen LogP contribution in [0.2, 0.25) is 0 Å². The first-order valence-corrected chi connectivity index (χ1v) is 12.2. The quantitative estimate of drug-likeness (QED) is 0.568. The molecule has 0 saturated heterocycles. The van der Waals surface area contributed by atoms with Crippen molar-refractivity contribution in [3.63, 3.8) is 0 Å². The molecule has 2 aliphatic rings. The average Bonchev–Trinajstić information content (AvgIpc) is 3.46. The summed E-state index contributed by atoms with van der Waals surface area (Å²) in [6.07, 6.45) is -0.0255. The molecule has 0 aliphatic carbocycles. The van der Waals surface area contributed by atoms with Gasteiger partial charge in [-0.15, -0.1) is 11.3 Å². The van der Waals surface area contributed by atoms with Crippen LogP contribution in [0.1, 0.15) is 22.4 Å². The van der Waals surface area contributed by atoms with Crippen LogP contribution in [0.4, 0.5) is 10.1 Å². The minimum atomic E-state index is -0.800. The van der Waals surface area contributed by atoms with E-state index in [0.29, 0.717) is 23.3 Å². The molecule has 3 heterocycles. The summed E-state index contributed by atoms with van der Waals surface area (Å²) in [5.41, 5.74) is 2.40. The number of nitrogens with zero attached hydrogens (tertiary/aromatic N) is 3. The highest BCUT2D eigenvalue weighted by atomic mass is 32.2. The lowest BCUT2D eigenvalue weighted by Crippen LogP contribution is -2.42. The van der Waals surface area contributed by atoms with Crippen molar-refractivity contribution in [3.8, 4) is 0 Å². The number of benzene rings is 2. The van der Waals surface area contributed by atoms with Gasteiger partial charge in [0.25, 0.3) is 5.91 Å². The highest BCUT2D eigenvalue weighted by Gasteiger charge is 2.42. The van der Waals surface area contributed by atoms with Crippen LogP contribution < -0.4 is 5.32 Å². The zero-order chi connectivity index (χ0) is 22.8. The second kappa shape index (κ2) is 9.29. The van der Waals surface area contributed by atoms with E-state index in [1.807, 2.05) is 41.8 Å². The van der Waals surface area contributed by atoms with Gasteiger partial charge in [0.1, 0.15) is 17.7 Å². The number of nitrogens with one attached hydrogen (secondary N) is 1. The fraction of sp³-hybridized carbons (Fsp3) is 0.167. The van der Waals surface area contributed by atoms with Gasteiger partial charge in [0.05, 0.1) is 18.7 Å². The van der Waals surface area contributed by atoms with E-state index >= 15 is 0 Å². The van der Waals surface area contributed by atoms with Crippen molar-refractivity contribution < 1.29 is 14.0 Å². The first-order valence-electron chi connectivity index (χ1n) is 10.3. The fourth-order valence-electron chi connectivity index (χ4n) is 3.61. The number of carbonyl (C=O) groups excluding carboxylic acids is 2. The zero-order valence-corrected chi connectivity index (χ0v) is 19.0. The van der Waals surface area contributed by atoms with Crippen LogP contribution in [0.25, 0.3) is 0 Å². The van der Waals surface area contributed by atoms with Crippen LogP contribution >= 0.6 is 23.1 Å². The van der Waals surface area contributed by atoms with Gasteiger partial charge in [0, 0.05) is 16.2 Å². The predicted molar refractivity (Wildman–Crippen MR) is 129 cm³/mol. The Morgan fingerprint density at radius 1 is 1.12 bits per heavy atom. The minimum absolute atomic E-state index is 0.0255. The van der Waals surface area contributed by atoms with Crippen molar-refractivity contribution in [2.45, 2.75) is 24.8 Å². The number of fused-ring (bicyclic) bond motifs is 3. The molecule has 3 aromatic rings. The summed E-state index contributed by atoms with van der Waals surface area (Å²) in [6.45, 7) is 0.431. The van der Waals surface area contributed by atoms with Crippen molar-refractivity contribution in [3.05, 3.63) is 87.9 Å². The second-order valence-corrected chi connectivity index (χ2v) is 9.50. The molecule has 0 bridgehead atoms. The molecule has 5 rings (SSSR count). The molecule has 166 valence electrons.